The molecule has 0 spiro atoms. The molecule has 0 saturated carbocycles. The number of nitrogens with zero attached hydrogens (tertiary/aromatic N) is 1. The predicted octanol–water partition coefficient (Wildman–Crippen LogP) is 2.15. The minimum absolute atomic E-state index is 0.0300. The molecule has 2 aliphatic heterocycles. The summed E-state index contributed by atoms with van der Waals surface area (Å²) in [5.41, 5.74) is -1.72. The predicted molar refractivity (Wildman–Crippen MR) is 62.6 cm³/mol. The molecule has 0 aromatic carbocycles. The average Bonchev–Trinajstić information content (AvgIpc) is 2.19. The van der Waals surface area contributed by atoms with Crippen LogP contribution in [0.1, 0.15) is 26.2 Å². The molecule has 2 fully saturated rings. The number of carbonyl (C=O) groups is 1. The van der Waals surface area contributed by atoms with Gasteiger partial charge in [-0.05, 0) is 33.7 Å². The van der Waals surface area contributed by atoms with Crippen molar-refractivity contribution in [1.29, 1.82) is 0 Å². The van der Waals surface area contributed by atoms with Crippen LogP contribution in [-0.4, -0.2) is 48.3 Å². The highest BCUT2D eigenvalue weighted by Gasteiger charge is 2.44. The van der Waals surface area contributed by atoms with Crippen molar-refractivity contribution in [2.45, 2.75) is 31.9 Å². The maximum absolute atomic E-state index is 14.2. The van der Waals surface area contributed by atoms with Crippen LogP contribution in [-0.2, 0) is 9.53 Å². The maximum atomic E-state index is 14.2. The molecule has 2 heterocycles. The zero-order valence-electron chi connectivity index (χ0n) is 9.75. The molecule has 0 atom stereocenters. The van der Waals surface area contributed by atoms with Gasteiger partial charge in [0, 0.05) is 25.9 Å². The van der Waals surface area contributed by atoms with Crippen molar-refractivity contribution in [1.82, 2.24) is 4.67 Å². The number of esters is 1. The van der Waals surface area contributed by atoms with Gasteiger partial charge in [0.15, 0.2) is 0 Å². The molecular weight excluding hydrogens is 228 g/mol. The van der Waals surface area contributed by atoms with Crippen molar-refractivity contribution in [2.24, 2.45) is 0 Å². The van der Waals surface area contributed by atoms with E-state index in [2.05, 4.69) is 4.67 Å². The first-order chi connectivity index (χ1) is 7.65. The highest BCUT2D eigenvalue weighted by molar-refractivity contribution is 7.56. The van der Waals surface area contributed by atoms with Gasteiger partial charge in [-0.1, -0.05) is 0 Å². The molecule has 0 unspecified atom stereocenters. The third kappa shape index (κ3) is 2.38. The highest BCUT2D eigenvalue weighted by Crippen LogP contribution is 2.51. The number of rotatable bonds is 3. The Balaban J connectivity index is 1.85. The van der Waals surface area contributed by atoms with E-state index in [9.17, 15) is 9.18 Å². The molecule has 2 saturated heterocycles. The van der Waals surface area contributed by atoms with Gasteiger partial charge in [0.1, 0.15) is 0 Å². The van der Waals surface area contributed by atoms with E-state index in [0.29, 0.717) is 12.8 Å². The number of alkyl halides is 1. The minimum atomic E-state index is -1.72. The van der Waals surface area contributed by atoms with E-state index in [1.807, 2.05) is 0 Å². The van der Waals surface area contributed by atoms with Gasteiger partial charge in [-0.15, -0.1) is 0 Å². The van der Waals surface area contributed by atoms with Crippen LogP contribution in [0.5, 0.6) is 0 Å². The lowest BCUT2D eigenvalue weighted by molar-refractivity contribution is -0.160. The van der Waals surface area contributed by atoms with Crippen molar-refractivity contribution >= 4 is 14.0 Å². The Hall–Kier alpha value is -0.210. The van der Waals surface area contributed by atoms with Gasteiger partial charge in [-0.3, -0.25) is 4.67 Å². The molecule has 0 amide bonds. The van der Waals surface area contributed by atoms with Crippen LogP contribution >= 0.6 is 8.07 Å². The number of hydrogen-bond acceptors (Lipinski definition) is 3. The van der Waals surface area contributed by atoms with Gasteiger partial charge in [-0.25, -0.2) is 9.18 Å². The lowest BCUT2D eigenvalue weighted by Crippen LogP contribution is -2.46. The SMILES string of the molecule is CCOC(=O)C1(F)CCN(P2CCC2)CC1. The fraction of sp³-hybridized carbons (Fsp3) is 0.909. The third-order valence-corrected chi connectivity index (χ3v) is 6.27. The summed E-state index contributed by atoms with van der Waals surface area (Å²) in [6, 6.07) is 0. The van der Waals surface area contributed by atoms with Crippen molar-refractivity contribution in [3.8, 4) is 0 Å². The molecule has 3 nitrogen and oxygen atoms in total. The molecule has 0 radical (unpaired) electrons. The smallest absolute Gasteiger partial charge is 0.343 e. The summed E-state index contributed by atoms with van der Waals surface area (Å²) in [5, 5.41) is 0. The molecule has 0 aromatic heterocycles. The Kier molecular flexibility index (Phi) is 3.81. The lowest BCUT2D eigenvalue weighted by Gasteiger charge is -2.42. The molecule has 0 aromatic rings. The first kappa shape index (κ1) is 12.3. The zero-order valence-corrected chi connectivity index (χ0v) is 10.6. The second-order valence-electron chi connectivity index (χ2n) is 4.45. The van der Waals surface area contributed by atoms with Crippen LogP contribution in [0.4, 0.5) is 4.39 Å². The number of piperidine rings is 1. The zero-order chi connectivity index (χ0) is 11.6. The topological polar surface area (TPSA) is 29.5 Å². The molecule has 0 N–H and O–H groups in total. The van der Waals surface area contributed by atoms with E-state index in [1.54, 1.807) is 6.92 Å². The molecule has 2 rings (SSSR count). The average molecular weight is 247 g/mol. The Morgan fingerprint density at radius 1 is 1.44 bits per heavy atom. The fourth-order valence-corrected chi connectivity index (χ4v) is 4.11. The molecule has 0 aliphatic carbocycles. The molecule has 92 valence electrons. The van der Waals surface area contributed by atoms with E-state index in [0.717, 1.165) is 13.1 Å². The van der Waals surface area contributed by atoms with E-state index >= 15 is 0 Å². The summed E-state index contributed by atoms with van der Waals surface area (Å²) >= 11 is 0. The van der Waals surface area contributed by atoms with Gasteiger partial charge >= 0.3 is 5.97 Å². The highest BCUT2D eigenvalue weighted by atomic mass is 31.1. The summed E-state index contributed by atoms with van der Waals surface area (Å²) in [4.78, 5) is 11.5. The minimum Gasteiger partial charge on any atom is -0.464 e. The van der Waals surface area contributed by atoms with E-state index in [1.165, 1.54) is 18.7 Å². The molecule has 0 bridgehead atoms. The van der Waals surface area contributed by atoms with Gasteiger partial charge in [0.05, 0.1) is 6.61 Å². The number of carbonyl (C=O) groups excluding carboxylic acids is 1. The van der Waals surface area contributed by atoms with Crippen LogP contribution < -0.4 is 0 Å². The quantitative estimate of drug-likeness (QED) is 0.565. The molecule has 2 aliphatic rings. The van der Waals surface area contributed by atoms with Crippen LogP contribution in [0.15, 0.2) is 0 Å². The Morgan fingerprint density at radius 2 is 2.06 bits per heavy atom. The standard InChI is InChI=1S/C11H19FNO2P/c1-2-15-10(14)11(12)4-6-13(7-5-11)16-8-3-9-16/h2-9H2,1H3. The van der Waals surface area contributed by atoms with E-state index < -0.39 is 11.6 Å². The Labute approximate surface area is 97.1 Å². The fourth-order valence-electron chi connectivity index (χ4n) is 2.18. The number of hydrogen-bond donors (Lipinski definition) is 0. The van der Waals surface area contributed by atoms with Crippen molar-refractivity contribution in [3.05, 3.63) is 0 Å². The second-order valence-corrected chi connectivity index (χ2v) is 6.92. The molecule has 16 heavy (non-hydrogen) atoms. The normalized spacial score (nSPS) is 26.1. The van der Waals surface area contributed by atoms with Gasteiger partial charge in [0.25, 0.3) is 0 Å². The first-order valence-corrected chi connectivity index (χ1v) is 7.68. The first-order valence-electron chi connectivity index (χ1n) is 6.02. The van der Waals surface area contributed by atoms with Crippen LogP contribution in [0.2, 0.25) is 0 Å². The second kappa shape index (κ2) is 4.97. The molecule has 5 heteroatoms. The summed E-state index contributed by atoms with van der Waals surface area (Å²) in [7, 11) is 0.0300. The summed E-state index contributed by atoms with van der Waals surface area (Å²) < 4.78 is 21.4. The monoisotopic (exact) mass is 247 g/mol. The van der Waals surface area contributed by atoms with Crippen molar-refractivity contribution in [3.63, 3.8) is 0 Å². The summed E-state index contributed by atoms with van der Waals surface area (Å²) in [6.07, 6.45) is 4.54. The Morgan fingerprint density at radius 3 is 2.50 bits per heavy atom. The van der Waals surface area contributed by atoms with Gasteiger partial charge < -0.3 is 4.74 Å². The van der Waals surface area contributed by atoms with Gasteiger partial charge in [-0.2, -0.15) is 0 Å². The van der Waals surface area contributed by atoms with E-state index in [-0.39, 0.29) is 14.7 Å². The summed E-state index contributed by atoms with van der Waals surface area (Å²) in [5.74, 6) is -0.656. The van der Waals surface area contributed by atoms with Crippen LogP contribution in [0, 0.1) is 0 Å². The van der Waals surface area contributed by atoms with Gasteiger partial charge in [0.2, 0.25) is 5.67 Å². The van der Waals surface area contributed by atoms with E-state index in [4.69, 9.17) is 4.74 Å². The van der Waals surface area contributed by atoms with Crippen LogP contribution in [0.25, 0.3) is 0 Å². The lowest BCUT2D eigenvalue weighted by atomic mass is 9.95. The Bertz CT molecular complexity index is 263. The van der Waals surface area contributed by atoms with Crippen molar-refractivity contribution < 1.29 is 13.9 Å². The van der Waals surface area contributed by atoms with Crippen LogP contribution in [0.3, 0.4) is 0 Å². The van der Waals surface area contributed by atoms with Crippen molar-refractivity contribution in [2.75, 3.05) is 32.0 Å². The number of ether oxygens (including phenoxy) is 1. The number of halogens is 1. The third-order valence-electron chi connectivity index (χ3n) is 3.41. The largest absolute Gasteiger partial charge is 0.464 e. The maximum Gasteiger partial charge on any atom is 0.343 e. The summed E-state index contributed by atoms with van der Waals surface area (Å²) in [6.45, 7) is 3.43. The molecular formula is C11H19FNO2P.